The Balaban J connectivity index is 1.21. The normalized spacial score (nSPS) is 18.3. The lowest BCUT2D eigenvalue weighted by molar-refractivity contribution is -0.344. The Bertz CT molecular complexity index is 1750. The molecule has 3 aliphatic rings. The molecule has 4 aromatic rings. The van der Waals surface area contributed by atoms with Gasteiger partial charge in [0.25, 0.3) is 0 Å². The highest BCUT2D eigenvalue weighted by atomic mass is 16.6. The summed E-state index contributed by atoms with van der Waals surface area (Å²) in [4.78, 5) is 23.0. The number of carbonyl (C=O) groups is 1. The number of para-hydroxylation sites is 1. The van der Waals surface area contributed by atoms with Crippen LogP contribution in [0.25, 0.3) is 33.5 Å². The van der Waals surface area contributed by atoms with E-state index in [4.69, 9.17) is 19.4 Å². The Hall–Kier alpha value is -4.52. The van der Waals surface area contributed by atoms with Crippen LogP contribution in [0.3, 0.4) is 0 Å². The van der Waals surface area contributed by atoms with Crippen molar-refractivity contribution in [3.63, 3.8) is 0 Å². The molecule has 7 rings (SSSR count). The summed E-state index contributed by atoms with van der Waals surface area (Å²) in [6.07, 6.45) is 7.72. The maximum atomic E-state index is 12.7. The van der Waals surface area contributed by atoms with E-state index in [0.29, 0.717) is 12.6 Å². The third-order valence-corrected chi connectivity index (χ3v) is 8.57. The molecule has 7 nitrogen and oxygen atoms in total. The van der Waals surface area contributed by atoms with Crippen molar-refractivity contribution in [3.8, 4) is 28.3 Å². The van der Waals surface area contributed by atoms with Crippen LogP contribution in [0.1, 0.15) is 52.0 Å². The van der Waals surface area contributed by atoms with Gasteiger partial charge in [0.1, 0.15) is 16.9 Å². The number of fused-ring (bicyclic) bond motifs is 2. The summed E-state index contributed by atoms with van der Waals surface area (Å²) < 4.78 is 14.2. The van der Waals surface area contributed by atoms with Crippen LogP contribution in [0.2, 0.25) is 0 Å². The van der Waals surface area contributed by atoms with Crippen LogP contribution in [0.4, 0.5) is 4.79 Å². The summed E-state index contributed by atoms with van der Waals surface area (Å²) in [5, 5.41) is 3.16. The van der Waals surface area contributed by atoms with Crippen molar-refractivity contribution in [2.75, 3.05) is 13.2 Å². The first-order valence-corrected chi connectivity index (χ1v) is 15.2. The maximum absolute atomic E-state index is 12.7. The zero-order valence-corrected chi connectivity index (χ0v) is 25.0. The van der Waals surface area contributed by atoms with Crippen LogP contribution < -0.4 is 10.1 Å². The minimum Gasteiger partial charge on any atom is -0.491 e. The lowest BCUT2D eigenvalue weighted by Crippen LogP contribution is -2.52. The number of hydrogen-bond donors (Lipinski definition) is 1. The van der Waals surface area contributed by atoms with Crippen molar-refractivity contribution in [3.05, 3.63) is 90.0 Å². The number of nitrogens with one attached hydrogen (secondary N) is 1. The lowest BCUT2D eigenvalue weighted by atomic mass is 9.71. The van der Waals surface area contributed by atoms with Crippen LogP contribution in [0.5, 0.6) is 5.75 Å². The van der Waals surface area contributed by atoms with Crippen LogP contribution in [-0.4, -0.2) is 51.6 Å². The molecule has 3 aromatic carbocycles. The molecular formula is C36H37N4O3+. The third-order valence-electron chi connectivity index (χ3n) is 8.57. The molecule has 1 N–H and O–H groups in total. The number of rotatable bonds is 8. The molecule has 1 amide bonds. The summed E-state index contributed by atoms with van der Waals surface area (Å²) in [6, 6.07) is 25.1. The summed E-state index contributed by atoms with van der Waals surface area (Å²) >= 11 is 0. The highest BCUT2D eigenvalue weighted by molar-refractivity contribution is 5.89. The molecule has 0 radical (unpaired) electrons. The van der Waals surface area contributed by atoms with E-state index in [0.717, 1.165) is 77.1 Å². The quantitative estimate of drug-likeness (QED) is 0.181. The Morgan fingerprint density at radius 3 is 2.35 bits per heavy atom. The van der Waals surface area contributed by atoms with E-state index >= 15 is 0 Å². The third kappa shape index (κ3) is 5.52. The number of nitrogens with zero attached hydrogens (tertiary/aromatic N) is 3. The van der Waals surface area contributed by atoms with Crippen molar-refractivity contribution in [1.29, 1.82) is 0 Å². The van der Waals surface area contributed by atoms with Gasteiger partial charge in [0, 0.05) is 29.2 Å². The Morgan fingerprint density at radius 2 is 1.70 bits per heavy atom. The van der Waals surface area contributed by atoms with Crippen molar-refractivity contribution < 1.29 is 18.8 Å². The van der Waals surface area contributed by atoms with Gasteiger partial charge in [0.15, 0.2) is 6.21 Å². The first kappa shape index (κ1) is 27.3. The molecule has 218 valence electrons. The molecule has 43 heavy (non-hydrogen) atoms. The molecule has 1 atom stereocenters. The number of aromatic nitrogens is 2. The van der Waals surface area contributed by atoms with Gasteiger partial charge in [-0.25, -0.2) is 19.3 Å². The highest BCUT2D eigenvalue weighted by Gasteiger charge is 2.46. The molecule has 0 spiro atoms. The van der Waals surface area contributed by atoms with Gasteiger partial charge < -0.3 is 14.8 Å². The molecule has 1 unspecified atom stereocenters. The van der Waals surface area contributed by atoms with Crippen LogP contribution >= 0.6 is 0 Å². The van der Waals surface area contributed by atoms with Gasteiger partial charge >= 0.3 is 6.09 Å². The number of alkyl carbamates (subject to hydrolysis) is 1. The van der Waals surface area contributed by atoms with Gasteiger partial charge in [-0.3, -0.25) is 0 Å². The molecule has 1 aliphatic carbocycles. The molecule has 2 fully saturated rings. The number of benzene rings is 3. The minimum absolute atomic E-state index is 0.382. The molecule has 2 aliphatic heterocycles. The van der Waals surface area contributed by atoms with Crippen LogP contribution in [-0.2, 0) is 10.3 Å². The Kier molecular flexibility index (Phi) is 6.76. The molecule has 0 bridgehead atoms. The van der Waals surface area contributed by atoms with Crippen LogP contribution in [0, 0.1) is 0 Å². The lowest BCUT2D eigenvalue weighted by Gasteiger charge is -2.43. The van der Waals surface area contributed by atoms with E-state index in [-0.39, 0.29) is 6.09 Å². The Labute approximate surface area is 252 Å². The number of carbonyl (C=O) groups excluding carboxylic acids is 1. The maximum Gasteiger partial charge on any atom is 0.408 e. The largest absolute Gasteiger partial charge is 0.491 e. The van der Waals surface area contributed by atoms with Crippen LogP contribution in [0.15, 0.2) is 84.4 Å². The number of allylic oxidation sites excluding steroid dienone is 1. The SMILES string of the molecule is CC(C)(C)OC(=O)NC1(c2ccc(-c3nc4c(OCCC5=CC=[N+]6CC56)cccc4nc3-c3ccccc3)cc2)CCC1. The number of amides is 1. The topological polar surface area (TPSA) is 76.3 Å². The van der Waals surface area contributed by atoms with Gasteiger partial charge in [-0.15, -0.1) is 0 Å². The van der Waals surface area contributed by atoms with Gasteiger partial charge in [0.2, 0.25) is 12.6 Å². The van der Waals surface area contributed by atoms with Crippen molar-refractivity contribution in [2.45, 2.75) is 63.6 Å². The predicted molar refractivity (Wildman–Crippen MR) is 168 cm³/mol. The second kappa shape index (κ2) is 10.6. The second-order valence-electron chi connectivity index (χ2n) is 12.8. The summed E-state index contributed by atoms with van der Waals surface area (Å²) in [5.41, 5.74) is 6.68. The smallest absolute Gasteiger partial charge is 0.408 e. The summed E-state index contributed by atoms with van der Waals surface area (Å²) in [7, 11) is 0. The first-order chi connectivity index (χ1) is 20.8. The van der Waals surface area contributed by atoms with Crippen molar-refractivity contribution >= 4 is 23.3 Å². The van der Waals surface area contributed by atoms with E-state index in [2.05, 4.69) is 58.6 Å². The standard InChI is InChI=1S/C36H36N4O3/c1-35(2,3)43-34(41)39-36(19-8-20-36)27-15-13-26(14-16-27)32-31(25-9-5-4-6-10-25)37-28-11-7-12-30(33(28)38-32)42-22-18-24-17-21-40-23-29(24)40/h4-7,9-17,21,29H,8,18-20,22-23H2,1-3H3/p+1. The average Bonchev–Trinajstić information content (AvgIpc) is 3.65. The number of hydrogen-bond acceptors (Lipinski definition) is 5. The molecule has 1 saturated carbocycles. The second-order valence-corrected chi connectivity index (χ2v) is 12.8. The van der Waals surface area contributed by atoms with Crippen molar-refractivity contribution in [1.82, 2.24) is 15.3 Å². The average molecular weight is 574 g/mol. The first-order valence-electron chi connectivity index (χ1n) is 15.2. The van der Waals surface area contributed by atoms with E-state index in [1.165, 1.54) is 5.57 Å². The van der Waals surface area contributed by atoms with Gasteiger partial charge in [-0.1, -0.05) is 60.7 Å². The van der Waals surface area contributed by atoms with E-state index in [9.17, 15) is 4.79 Å². The highest BCUT2D eigenvalue weighted by Crippen LogP contribution is 2.42. The zero-order chi connectivity index (χ0) is 29.6. The fourth-order valence-electron chi connectivity index (χ4n) is 6.11. The summed E-state index contributed by atoms with van der Waals surface area (Å²) in [5.74, 6) is 0.743. The molecule has 1 saturated heterocycles. The fourth-order valence-corrected chi connectivity index (χ4v) is 6.11. The number of ether oxygens (including phenoxy) is 2. The van der Waals surface area contributed by atoms with Crippen molar-refractivity contribution in [2.24, 2.45) is 0 Å². The zero-order valence-electron chi connectivity index (χ0n) is 25.0. The van der Waals surface area contributed by atoms with Gasteiger partial charge in [0.05, 0.1) is 29.1 Å². The van der Waals surface area contributed by atoms with E-state index in [1.54, 1.807) is 0 Å². The molecule has 1 aromatic heterocycles. The Morgan fingerprint density at radius 1 is 0.953 bits per heavy atom. The monoisotopic (exact) mass is 573 g/mol. The predicted octanol–water partition coefficient (Wildman–Crippen LogP) is 7.04. The van der Waals surface area contributed by atoms with Gasteiger partial charge in [-0.2, -0.15) is 0 Å². The fraction of sp³-hybridized carbons (Fsp3) is 0.333. The molecule has 3 heterocycles. The summed E-state index contributed by atoms with van der Waals surface area (Å²) in [6.45, 7) is 7.38. The minimum atomic E-state index is -0.547. The van der Waals surface area contributed by atoms with Gasteiger partial charge in [-0.05, 0) is 57.7 Å². The van der Waals surface area contributed by atoms with E-state index in [1.807, 2.05) is 57.2 Å². The molecular weight excluding hydrogens is 536 g/mol. The molecule has 7 heteroatoms. The van der Waals surface area contributed by atoms with E-state index < -0.39 is 11.1 Å².